The van der Waals surface area contributed by atoms with E-state index in [2.05, 4.69) is 5.32 Å². The lowest BCUT2D eigenvalue weighted by Gasteiger charge is -2.13. The van der Waals surface area contributed by atoms with Crippen molar-refractivity contribution in [2.24, 2.45) is 0 Å². The molecule has 0 heterocycles. The fourth-order valence-electron chi connectivity index (χ4n) is 2.03. The van der Waals surface area contributed by atoms with Crippen molar-refractivity contribution in [3.05, 3.63) is 65.2 Å². The van der Waals surface area contributed by atoms with E-state index in [-0.39, 0.29) is 5.56 Å². The van der Waals surface area contributed by atoms with E-state index in [1.165, 1.54) is 6.07 Å². The van der Waals surface area contributed by atoms with Gasteiger partial charge in [0.2, 0.25) is 5.91 Å². The molecular formula is C16H15F2NO2. The smallest absolute Gasteiger partial charge is 0.229 e. The average molecular weight is 291 g/mol. The first-order valence-corrected chi connectivity index (χ1v) is 6.48. The lowest BCUT2D eigenvalue weighted by Crippen LogP contribution is -2.17. The first kappa shape index (κ1) is 15.1. The van der Waals surface area contributed by atoms with Gasteiger partial charge in [-0.2, -0.15) is 0 Å². The van der Waals surface area contributed by atoms with Gasteiger partial charge in [0, 0.05) is 16.8 Å². The van der Waals surface area contributed by atoms with Gasteiger partial charge in [-0.1, -0.05) is 24.3 Å². The molecule has 1 unspecified atom stereocenters. The van der Waals surface area contributed by atoms with Crippen LogP contribution in [0.5, 0.6) is 0 Å². The van der Waals surface area contributed by atoms with Crippen molar-refractivity contribution in [2.75, 3.05) is 5.32 Å². The molecule has 2 rings (SSSR count). The van der Waals surface area contributed by atoms with Crippen molar-refractivity contribution in [1.82, 2.24) is 0 Å². The summed E-state index contributed by atoms with van der Waals surface area (Å²) in [5, 5.41) is 12.2. The van der Waals surface area contributed by atoms with E-state index in [1.807, 2.05) is 0 Å². The van der Waals surface area contributed by atoms with Gasteiger partial charge in [-0.05, 0) is 25.1 Å². The number of halogens is 2. The fourth-order valence-corrected chi connectivity index (χ4v) is 2.03. The fraction of sp³-hybridized carbons (Fsp3) is 0.188. The minimum Gasteiger partial charge on any atom is -0.389 e. The Bertz CT molecular complexity index is 636. The highest BCUT2D eigenvalue weighted by Crippen LogP contribution is 2.22. The van der Waals surface area contributed by atoms with Crippen molar-refractivity contribution in [3.63, 3.8) is 0 Å². The Hall–Kier alpha value is -2.27. The SMILES string of the molecule is CC(O)c1ccccc1NC(=O)Cc1c(F)cccc1F. The summed E-state index contributed by atoms with van der Waals surface area (Å²) >= 11 is 0. The van der Waals surface area contributed by atoms with Crippen molar-refractivity contribution >= 4 is 11.6 Å². The number of nitrogens with one attached hydrogen (secondary N) is 1. The summed E-state index contributed by atoms with van der Waals surface area (Å²) in [6.45, 7) is 1.57. The summed E-state index contributed by atoms with van der Waals surface area (Å²) < 4.78 is 27.0. The van der Waals surface area contributed by atoms with Gasteiger partial charge < -0.3 is 10.4 Å². The van der Waals surface area contributed by atoms with Crippen LogP contribution in [0.4, 0.5) is 14.5 Å². The predicted octanol–water partition coefficient (Wildman–Crippen LogP) is 3.20. The van der Waals surface area contributed by atoms with Crippen molar-refractivity contribution in [3.8, 4) is 0 Å². The lowest BCUT2D eigenvalue weighted by atomic mass is 10.1. The quantitative estimate of drug-likeness (QED) is 0.909. The summed E-state index contributed by atoms with van der Waals surface area (Å²) in [4.78, 5) is 11.9. The molecule has 2 N–H and O–H groups in total. The number of hydrogen-bond donors (Lipinski definition) is 2. The van der Waals surface area contributed by atoms with Gasteiger partial charge in [0.15, 0.2) is 0 Å². The van der Waals surface area contributed by atoms with Crippen molar-refractivity contribution in [1.29, 1.82) is 0 Å². The lowest BCUT2D eigenvalue weighted by molar-refractivity contribution is -0.115. The number of rotatable bonds is 4. The summed E-state index contributed by atoms with van der Waals surface area (Å²) in [5.41, 5.74) is 0.693. The number of anilines is 1. The topological polar surface area (TPSA) is 49.3 Å². The summed E-state index contributed by atoms with van der Waals surface area (Å²) in [6, 6.07) is 10.2. The number of aliphatic hydroxyl groups is 1. The highest BCUT2D eigenvalue weighted by Gasteiger charge is 2.15. The van der Waals surface area contributed by atoms with Crippen LogP contribution in [0.1, 0.15) is 24.2 Å². The van der Waals surface area contributed by atoms with Crippen LogP contribution in [-0.2, 0) is 11.2 Å². The molecule has 0 spiro atoms. The molecule has 0 aliphatic carbocycles. The van der Waals surface area contributed by atoms with E-state index in [0.717, 1.165) is 12.1 Å². The monoisotopic (exact) mass is 291 g/mol. The number of hydrogen-bond acceptors (Lipinski definition) is 2. The van der Waals surface area contributed by atoms with E-state index < -0.39 is 30.1 Å². The number of amides is 1. The second-order valence-corrected chi connectivity index (χ2v) is 4.69. The third kappa shape index (κ3) is 3.64. The molecule has 2 aromatic rings. The normalized spacial score (nSPS) is 12.0. The average Bonchev–Trinajstić information content (AvgIpc) is 2.43. The molecular weight excluding hydrogens is 276 g/mol. The highest BCUT2D eigenvalue weighted by atomic mass is 19.1. The van der Waals surface area contributed by atoms with Gasteiger partial charge in [-0.25, -0.2) is 8.78 Å². The van der Waals surface area contributed by atoms with Crippen LogP contribution in [0, 0.1) is 11.6 Å². The zero-order valence-electron chi connectivity index (χ0n) is 11.4. The maximum Gasteiger partial charge on any atom is 0.229 e. The highest BCUT2D eigenvalue weighted by molar-refractivity contribution is 5.93. The summed E-state index contributed by atoms with van der Waals surface area (Å²) in [7, 11) is 0. The molecule has 0 radical (unpaired) electrons. The third-order valence-electron chi connectivity index (χ3n) is 3.08. The molecule has 0 aliphatic heterocycles. The van der Waals surface area contributed by atoms with Crippen LogP contribution in [0.3, 0.4) is 0 Å². The minimum absolute atomic E-state index is 0.274. The molecule has 0 saturated heterocycles. The maximum atomic E-state index is 13.5. The van der Waals surface area contributed by atoms with Gasteiger partial charge in [-0.15, -0.1) is 0 Å². The van der Waals surface area contributed by atoms with E-state index in [0.29, 0.717) is 11.3 Å². The maximum absolute atomic E-state index is 13.5. The molecule has 0 saturated carbocycles. The molecule has 110 valence electrons. The molecule has 1 amide bonds. The van der Waals surface area contributed by atoms with Crippen LogP contribution >= 0.6 is 0 Å². The summed E-state index contributed by atoms with van der Waals surface area (Å²) in [6.07, 6.45) is -1.17. The predicted molar refractivity (Wildman–Crippen MR) is 75.8 cm³/mol. The zero-order chi connectivity index (χ0) is 15.4. The van der Waals surface area contributed by atoms with Gasteiger partial charge in [0.05, 0.1) is 12.5 Å². The molecule has 2 aromatic carbocycles. The van der Waals surface area contributed by atoms with E-state index in [9.17, 15) is 18.7 Å². The van der Waals surface area contributed by atoms with E-state index in [1.54, 1.807) is 31.2 Å². The molecule has 0 aliphatic rings. The molecule has 3 nitrogen and oxygen atoms in total. The second kappa shape index (κ2) is 6.45. The standard InChI is InChI=1S/C16H15F2NO2/c1-10(20)11-5-2-3-8-15(11)19-16(21)9-12-13(17)6-4-7-14(12)18/h2-8,10,20H,9H2,1H3,(H,19,21). The Balaban J connectivity index is 2.16. The third-order valence-corrected chi connectivity index (χ3v) is 3.08. The van der Waals surface area contributed by atoms with E-state index >= 15 is 0 Å². The van der Waals surface area contributed by atoms with Gasteiger partial charge in [-0.3, -0.25) is 4.79 Å². The number of para-hydroxylation sites is 1. The number of aliphatic hydroxyl groups excluding tert-OH is 1. The molecule has 0 aromatic heterocycles. The van der Waals surface area contributed by atoms with Gasteiger partial charge in [0.25, 0.3) is 0 Å². The first-order valence-electron chi connectivity index (χ1n) is 6.48. The number of carbonyl (C=O) groups excluding carboxylic acids is 1. The number of carbonyl (C=O) groups is 1. The van der Waals surface area contributed by atoms with E-state index in [4.69, 9.17) is 0 Å². The van der Waals surface area contributed by atoms with Crippen LogP contribution in [0.15, 0.2) is 42.5 Å². The zero-order valence-corrected chi connectivity index (χ0v) is 11.4. The molecule has 5 heteroatoms. The molecule has 0 bridgehead atoms. The Kier molecular flexibility index (Phi) is 4.65. The Labute approximate surface area is 121 Å². The van der Waals surface area contributed by atoms with Crippen molar-refractivity contribution in [2.45, 2.75) is 19.4 Å². The Morgan fingerprint density at radius 1 is 1.14 bits per heavy atom. The molecule has 0 fully saturated rings. The largest absolute Gasteiger partial charge is 0.389 e. The first-order chi connectivity index (χ1) is 9.99. The van der Waals surface area contributed by atoms with Gasteiger partial charge in [0.1, 0.15) is 11.6 Å². The number of benzene rings is 2. The van der Waals surface area contributed by atoms with Crippen LogP contribution < -0.4 is 5.32 Å². The Morgan fingerprint density at radius 2 is 1.76 bits per heavy atom. The van der Waals surface area contributed by atoms with Gasteiger partial charge >= 0.3 is 0 Å². The minimum atomic E-state index is -0.758. The van der Waals surface area contributed by atoms with Crippen LogP contribution in [0.25, 0.3) is 0 Å². The Morgan fingerprint density at radius 3 is 2.38 bits per heavy atom. The van der Waals surface area contributed by atoms with Crippen molar-refractivity contribution < 1.29 is 18.7 Å². The molecule has 1 atom stereocenters. The molecule has 21 heavy (non-hydrogen) atoms. The summed E-state index contributed by atoms with van der Waals surface area (Å²) in [5.74, 6) is -2.06. The van der Waals surface area contributed by atoms with Crippen LogP contribution in [0.2, 0.25) is 0 Å². The second-order valence-electron chi connectivity index (χ2n) is 4.69. The van der Waals surface area contributed by atoms with Crippen LogP contribution in [-0.4, -0.2) is 11.0 Å².